The predicted octanol–water partition coefficient (Wildman–Crippen LogP) is 2.89. The monoisotopic (exact) mass is 327 g/mol. The van der Waals surface area contributed by atoms with Gasteiger partial charge in [-0.1, -0.05) is 30.3 Å². The van der Waals surface area contributed by atoms with Crippen molar-refractivity contribution >= 4 is 17.6 Å². The van der Waals surface area contributed by atoms with Crippen molar-refractivity contribution in [2.75, 3.05) is 11.4 Å². The minimum atomic E-state index is -0.857. The summed E-state index contributed by atoms with van der Waals surface area (Å²) in [5.41, 5.74) is 2.65. The van der Waals surface area contributed by atoms with Gasteiger partial charge in [0.1, 0.15) is 5.82 Å². The summed E-state index contributed by atoms with van der Waals surface area (Å²) in [5, 5.41) is 0. The summed E-state index contributed by atoms with van der Waals surface area (Å²) in [6.07, 6.45) is -0.0452. The number of halogens is 1. The Balaban J connectivity index is 1.60. The van der Waals surface area contributed by atoms with Crippen LogP contribution in [0.1, 0.15) is 18.1 Å². The average molecular weight is 327 g/mol. The van der Waals surface area contributed by atoms with Crippen molar-refractivity contribution in [2.24, 2.45) is 0 Å². The number of benzene rings is 2. The van der Waals surface area contributed by atoms with Crippen LogP contribution in [0.2, 0.25) is 0 Å². The Morgan fingerprint density at radius 2 is 1.88 bits per heavy atom. The van der Waals surface area contributed by atoms with Gasteiger partial charge in [-0.3, -0.25) is 9.59 Å². The molecule has 24 heavy (non-hydrogen) atoms. The SMILES string of the molecule is C[C@H](OC(=O)Cc1ccc(F)cc1)C(=O)N1CCc2ccccc21. The molecule has 1 aliphatic heterocycles. The van der Waals surface area contributed by atoms with Gasteiger partial charge in [0, 0.05) is 12.2 Å². The number of carbonyl (C=O) groups is 2. The number of ether oxygens (including phenoxy) is 1. The van der Waals surface area contributed by atoms with Gasteiger partial charge in [0.2, 0.25) is 0 Å². The molecule has 1 atom stereocenters. The largest absolute Gasteiger partial charge is 0.452 e. The second-order valence-corrected chi connectivity index (χ2v) is 5.80. The lowest BCUT2D eigenvalue weighted by atomic mass is 10.1. The number of esters is 1. The number of rotatable bonds is 4. The molecule has 4 nitrogen and oxygen atoms in total. The molecule has 3 rings (SSSR count). The summed E-state index contributed by atoms with van der Waals surface area (Å²) in [7, 11) is 0. The van der Waals surface area contributed by atoms with E-state index >= 15 is 0 Å². The highest BCUT2D eigenvalue weighted by atomic mass is 19.1. The second kappa shape index (κ2) is 6.83. The van der Waals surface area contributed by atoms with Crippen LogP contribution in [0.15, 0.2) is 48.5 Å². The third-order valence-corrected chi connectivity index (χ3v) is 4.07. The Morgan fingerprint density at radius 3 is 2.62 bits per heavy atom. The molecule has 124 valence electrons. The van der Waals surface area contributed by atoms with E-state index in [4.69, 9.17) is 4.74 Å². The molecule has 0 aliphatic carbocycles. The fraction of sp³-hybridized carbons (Fsp3) is 0.263. The molecule has 1 aliphatic rings. The maximum Gasteiger partial charge on any atom is 0.311 e. The molecule has 0 fully saturated rings. The Morgan fingerprint density at radius 1 is 1.17 bits per heavy atom. The molecule has 0 radical (unpaired) electrons. The van der Waals surface area contributed by atoms with Gasteiger partial charge in [-0.05, 0) is 42.7 Å². The van der Waals surface area contributed by atoms with E-state index in [-0.39, 0.29) is 18.1 Å². The molecule has 0 saturated carbocycles. The van der Waals surface area contributed by atoms with Gasteiger partial charge in [-0.15, -0.1) is 0 Å². The zero-order valence-electron chi connectivity index (χ0n) is 13.4. The van der Waals surface area contributed by atoms with E-state index < -0.39 is 12.1 Å². The van der Waals surface area contributed by atoms with Gasteiger partial charge in [0.15, 0.2) is 6.10 Å². The molecule has 2 aromatic carbocycles. The van der Waals surface area contributed by atoms with Gasteiger partial charge in [-0.25, -0.2) is 4.39 Å². The minimum Gasteiger partial charge on any atom is -0.452 e. The Hall–Kier alpha value is -2.69. The van der Waals surface area contributed by atoms with Gasteiger partial charge in [0.25, 0.3) is 5.91 Å². The fourth-order valence-corrected chi connectivity index (χ4v) is 2.84. The Bertz CT molecular complexity index is 757. The molecular weight excluding hydrogens is 309 g/mol. The van der Waals surface area contributed by atoms with Gasteiger partial charge in [0.05, 0.1) is 6.42 Å². The number of hydrogen-bond acceptors (Lipinski definition) is 3. The summed E-state index contributed by atoms with van der Waals surface area (Å²) >= 11 is 0. The number of nitrogens with zero attached hydrogens (tertiary/aromatic N) is 1. The summed E-state index contributed by atoms with van der Waals surface area (Å²) in [6.45, 7) is 2.17. The summed E-state index contributed by atoms with van der Waals surface area (Å²) in [5.74, 6) is -1.09. The average Bonchev–Trinajstić information content (AvgIpc) is 3.00. The van der Waals surface area contributed by atoms with Crippen LogP contribution in [0, 0.1) is 5.82 Å². The van der Waals surface area contributed by atoms with Crippen LogP contribution < -0.4 is 4.90 Å². The molecule has 0 spiro atoms. The van der Waals surface area contributed by atoms with Crippen molar-refractivity contribution in [3.8, 4) is 0 Å². The first-order chi connectivity index (χ1) is 11.5. The first-order valence-corrected chi connectivity index (χ1v) is 7.88. The highest BCUT2D eigenvalue weighted by Gasteiger charge is 2.29. The van der Waals surface area contributed by atoms with Crippen molar-refractivity contribution in [3.63, 3.8) is 0 Å². The lowest BCUT2D eigenvalue weighted by Gasteiger charge is -2.21. The maximum absolute atomic E-state index is 12.9. The summed E-state index contributed by atoms with van der Waals surface area (Å²) < 4.78 is 18.1. The molecule has 0 N–H and O–H groups in total. The van der Waals surface area contributed by atoms with Crippen LogP contribution in [0.5, 0.6) is 0 Å². The van der Waals surface area contributed by atoms with Gasteiger partial charge < -0.3 is 9.64 Å². The number of carbonyl (C=O) groups excluding carboxylic acids is 2. The first kappa shape index (κ1) is 16.2. The Labute approximate surface area is 139 Å². The molecular formula is C19H18FNO3. The number of anilines is 1. The van der Waals surface area contributed by atoms with Gasteiger partial charge >= 0.3 is 5.97 Å². The molecule has 2 aromatic rings. The quantitative estimate of drug-likeness (QED) is 0.811. The third kappa shape index (κ3) is 3.45. The molecule has 0 saturated heterocycles. The van der Waals surface area contributed by atoms with E-state index in [0.29, 0.717) is 12.1 Å². The smallest absolute Gasteiger partial charge is 0.311 e. The van der Waals surface area contributed by atoms with Crippen LogP contribution in [0.25, 0.3) is 0 Å². The first-order valence-electron chi connectivity index (χ1n) is 7.88. The Kier molecular flexibility index (Phi) is 4.60. The van der Waals surface area contributed by atoms with Crippen LogP contribution in [0.4, 0.5) is 10.1 Å². The molecule has 0 bridgehead atoms. The van der Waals surface area contributed by atoms with Crippen LogP contribution >= 0.6 is 0 Å². The number of fused-ring (bicyclic) bond motifs is 1. The topological polar surface area (TPSA) is 46.6 Å². The maximum atomic E-state index is 12.9. The van der Waals surface area contributed by atoms with Crippen molar-refractivity contribution in [1.29, 1.82) is 0 Å². The minimum absolute atomic E-state index is 0.00842. The highest BCUT2D eigenvalue weighted by molar-refractivity contribution is 5.99. The lowest BCUT2D eigenvalue weighted by molar-refractivity contribution is -0.153. The summed E-state index contributed by atoms with van der Waals surface area (Å²) in [6, 6.07) is 13.4. The normalized spacial score (nSPS) is 14.2. The zero-order chi connectivity index (χ0) is 17.1. The fourth-order valence-electron chi connectivity index (χ4n) is 2.84. The van der Waals surface area contributed by atoms with E-state index in [1.165, 1.54) is 24.3 Å². The van der Waals surface area contributed by atoms with E-state index in [1.807, 2.05) is 24.3 Å². The van der Waals surface area contributed by atoms with Crippen LogP contribution in [-0.2, 0) is 27.2 Å². The number of hydrogen-bond donors (Lipinski definition) is 0. The van der Waals surface area contributed by atoms with E-state index in [9.17, 15) is 14.0 Å². The molecule has 1 heterocycles. The number of amides is 1. The lowest BCUT2D eigenvalue weighted by Crippen LogP contribution is -2.39. The third-order valence-electron chi connectivity index (χ3n) is 4.07. The van der Waals surface area contributed by atoms with E-state index in [0.717, 1.165) is 17.7 Å². The van der Waals surface area contributed by atoms with Crippen LogP contribution in [0.3, 0.4) is 0 Å². The molecule has 5 heteroatoms. The van der Waals surface area contributed by atoms with Gasteiger partial charge in [-0.2, -0.15) is 0 Å². The van der Waals surface area contributed by atoms with E-state index in [1.54, 1.807) is 11.8 Å². The van der Waals surface area contributed by atoms with Crippen molar-refractivity contribution < 1.29 is 18.7 Å². The molecule has 0 unspecified atom stereocenters. The molecule has 1 amide bonds. The van der Waals surface area contributed by atoms with Crippen molar-refractivity contribution in [1.82, 2.24) is 0 Å². The number of para-hydroxylation sites is 1. The summed E-state index contributed by atoms with van der Waals surface area (Å²) in [4.78, 5) is 26.2. The highest BCUT2D eigenvalue weighted by Crippen LogP contribution is 2.28. The standard InChI is InChI=1S/C19H18FNO3/c1-13(24-18(22)12-14-6-8-16(20)9-7-14)19(23)21-11-10-15-4-2-3-5-17(15)21/h2-9,13H,10-12H2,1H3/t13-/m0/s1. The predicted molar refractivity (Wildman–Crippen MR) is 88.2 cm³/mol. The molecule has 0 aromatic heterocycles. The second-order valence-electron chi connectivity index (χ2n) is 5.80. The van der Waals surface area contributed by atoms with Crippen molar-refractivity contribution in [2.45, 2.75) is 25.9 Å². The van der Waals surface area contributed by atoms with Crippen LogP contribution in [-0.4, -0.2) is 24.5 Å². The van der Waals surface area contributed by atoms with E-state index in [2.05, 4.69) is 0 Å². The van der Waals surface area contributed by atoms with Crippen molar-refractivity contribution in [3.05, 3.63) is 65.5 Å². The zero-order valence-corrected chi connectivity index (χ0v) is 13.4.